The van der Waals surface area contributed by atoms with E-state index in [0.29, 0.717) is 0 Å². The zero-order valence-electron chi connectivity index (χ0n) is 12.3. The van der Waals surface area contributed by atoms with Crippen LogP contribution in [0.15, 0.2) is 12.1 Å². The normalized spacial score (nSPS) is 11.3. The van der Waals surface area contributed by atoms with Crippen molar-refractivity contribution in [1.29, 1.82) is 0 Å². The summed E-state index contributed by atoms with van der Waals surface area (Å²) in [4.78, 5) is 11.6. The van der Waals surface area contributed by atoms with Crippen LogP contribution in [-0.2, 0) is 4.79 Å². The third kappa shape index (κ3) is 5.30. The van der Waals surface area contributed by atoms with E-state index in [4.69, 9.17) is 4.74 Å². The van der Waals surface area contributed by atoms with E-state index in [2.05, 4.69) is 5.32 Å². The molecular weight excluding hydrogens is 242 g/mol. The monoisotopic (exact) mass is 265 g/mol. The summed E-state index contributed by atoms with van der Waals surface area (Å²) >= 11 is 0. The molecular formula is C15H23NO3. The number of carbonyl (C=O) groups is 1. The molecule has 0 aromatic heterocycles. The van der Waals surface area contributed by atoms with Gasteiger partial charge >= 0.3 is 0 Å². The number of amides is 1. The third-order valence-corrected chi connectivity index (χ3v) is 2.67. The highest BCUT2D eigenvalue weighted by Crippen LogP contribution is 2.24. The van der Waals surface area contributed by atoms with Crippen molar-refractivity contribution in [3.63, 3.8) is 0 Å². The molecule has 1 amide bonds. The van der Waals surface area contributed by atoms with Gasteiger partial charge < -0.3 is 15.2 Å². The molecule has 0 aliphatic carbocycles. The van der Waals surface area contributed by atoms with Crippen LogP contribution in [-0.4, -0.2) is 29.8 Å². The number of nitrogens with one attached hydrogen (secondary N) is 1. The Bertz CT molecular complexity index is 438. The molecule has 4 nitrogen and oxygen atoms in total. The van der Waals surface area contributed by atoms with E-state index in [0.717, 1.165) is 16.9 Å². The Morgan fingerprint density at radius 2 is 1.79 bits per heavy atom. The third-order valence-electron chi connectivity index (χ3n) is 2.67. The van der Waals surface area contributed by atoms with Crippen LogP contribution in [0.4, 0.5) is 0 Å². The molecule has 0 unspecified atom stereocenters. The van der Waals surface area contributed by atoms with E-state index in [1.165, 1.54) is 5.56 Å². The van der Waals surface area contributed by atoms with Gasteiger partial charge in [0, 0.05) is 6.54 Å². The molecule has 0 spiro atoms. The van der Waals surface area contributed by atoms with E-state index in [9.17, 15) is 9.90 Å². The summed E-state index contributed by atoms with van der Waals surface area (Å²) in [5.74, 6) is 0.519. The molecule has 1 aromatic carbocycles. The van der Waals surface area contributed by atoms with Crippen LogP contribution in [0.3, 0.4) is 0 Å². The van der Waals surface area contributed by atoms with E-state index in [-0.39, 0.29) is 19.1 Å². The number of carbonyl (C=O) groups excluding carboxylic acids is 1. The highest BCUT2D eigenvalue weighted by atomic mass is 16.5. The predicted molar refractivity (Wildman–Crippen MR) is 75.5 cm³/mol. The lowest BCUT2D eigenvalue weighted by Crippen LogP contribution is -2.40. The molecule has 1 rings (SSSR count). The fourth-order valence-corrected chi connectivity index (χ4v) is 1.90. The Labute approximate surface area is 114 Å². The zero-order chi connectivity index (χ0) is 14.6. The van der Waals surface area contributed by atoms with Gasteiger partial charge in [-0.1, -0.05) is 17.7 Å². The van der Waals surface area contributed by atoms with Gasteiger partial charge in [-0.25, -0.2) is 0 Å². The largest absolute Gasteiger partial charge is 0.483 e. The molecule has 106 valence electrons. The second-order valence-corrected chi connectivity index (χ2v) is 5.61. The lowest BCUT2D eigenvalue weighted by atomic mass is 10.1. The maximum atomic E-state index is 11.6. The first-order valence-electron chi connectivity index (χ1n) is 6.39. The lowest BCUT2D eigenvalue weighted by molar-refractivity contribution is -0.124. The Morgan fingerprint density at radius 3 is 2.26 bits per heavy atom. The van der Waals surface area contributed by atoms with Crippen LogP contribution in [0.5, 0.6) is 5.75 Å². The molecule has 0 fully saturated rings. The molecule has 19 heavy (non-hydrogen) atoms. The first-order chi connectivity index (χ1) is 8.69. The second-order valence-electron chi connectivity index (χ2n) is 5.61. The first-order valence-corrected chi connectivity index (χ1v) is 6.39. The van der Waals surface area contributed by atoms with Crippen molar-refractivity contribution >= 4 is 5.91 Å². The molecule has 1 aromatic rings. The van der Waals surface area contributed by atoms with Crippen molar-refractivity contribution in [2.45, 2.75) is 40.2 Å². The lowest BCUT2D eigenvalue weighted by Gasteiger charge is -2.18. The predicted octanol–water partition coefficient (Wildman–Crippen LogP) is 1.88. The number of hydrogen-bond donors (Lipinski definition) is 2. The van der Waals surface area contributed by atoms with Gasteiger partial charge in [0.25, 0.3) is 5.91 Å². The van der Waals surface area contributed by atoms with Crippen molar-refractivity contribution in [1.82, 2.24) is 5.32 Å². The number of rotatable bonds is 5. The quantitative estimate of drug-likeness (QED) is 0.854. The maximum Gasteiger partial charge on any atom is 0.258 e. The number of aliphatic hydroxyl groups is 1. The Balaban J connectivity index is 2.56. The Kier molecular flexibility index (Phi) is 4.95. The fraction of sp³-hybridized carbons (Fsp3) is 0.533. The molecule has 0 aliphatic rings. The van der Waals surface area contributed by atoms with Crippen LogP contribution in [0.25, 0.3) is 0 Å². The summed E-state index contributed by atoms with van der Waals surface area (Å²) in [6.07, 6.45) is 0. The molecule has 4 heteroatoms. The van der Waals surface area contributed by atoms with Crippen molar-refractivity contribution in [2.24, 2.45) is 0 Å². The fourth-order valence-electron chi connectivity index (χ4n) is 1.90. The number of hydrogen-bond acceptors (Lipinski definition) is 3. The first kappa shape index (κ1) is 15.5. The van der Waals surface area contributed by atoms with Crippen molar-refractivity contribution in [3.05, 3.63) is 28.8 Å². The topological polar surface area (TPSA) is 58.6 Å². The average Bonchev–Trinajstić information content (AvgIpc) is 2.23. The van der Waals surface area contributed by atoms with Crippen LogP contribution in [0.2, 0.25) is 0 Å². The van der Waals surface area contributed by atoms with Gasteiger partial charge in [-0.3, -0.25) is 4.79 Å². The molecule has 0 saturated heterocycles. The van der Waals surface area contributed by atoms with Crippen LogP contribution in [0, 0.1) is 20.8 Å². The van der Waals surface area contributed by atoms with Gasteiger partial charge in [0.05, 0.1) is 5.60 Å². The number of ether oxygens (including phenoxy) is 1. The van der Waals surface area contributed by atoms with Crippen LogP contribution in [0.1, 0.15) is 30.5 Å². The minimum absolute atomic E-state index is 0.0409. The van der Waals surface area contributed by atoms with Crippen LogP contribution >= 0.6 is 0 Å². The molecule has 0 saturated carbocycles. The maximum absolute atomic E-state index is 11.6. The Morgan fingerprint density at radius 1 is 1.26 bits per heavy atom. The average molecular weight is 265 g/mol. The van der Waals surface area contributed by atoms with Gasteiger partial charge in [-0.2, -0.15) is 0 Å². The van der Waals surface area contributed by atoms with E-state index < -0.39 is 5.60 Å². The summed E-state index contributed by atoms with van der Waals surface area (Å²) in [6.45, 7) is 9.40. The van der Waals surface area contributed by atoms with E-state index in [1.807, 2.05) is 32.9 Å². The summed E-state index contributed by atoms with van der Waals surface area (Å²) in [7, 11) is 0. The second kappa shape index (κ2) is 6.06. The molecule has 0 atom stereocenters. The highest BCUT2D eigenvalue weighted by Gasteiger charge is 2.14. The van der Waals surface area contributed by atoms with Crippen molar-refractivity contribution < 1.29 is 14.6 Å². The summed E-state index contributed by atoms with van der Waals surface area (Å²) in [5.41, 5.74) is 2.31. The smallest absolute Gasteiger partial charge is 0.258 e. The van der Waals surface area contributed by atoms with E-state index in [1.54, 1.807) is 13.8 Å². The van der Waals surface area contributed by atoms with Crippen molar-refractivity contribution in [3.8, 4) is 5.75 Å². The molecule has 2 N–H and O–H groups in total. The number of aryl methyl sites for hydroxylation is 3. The highest BCUT2D eigenvalue weighted by molar-refractivity contribution is 5.77. The minimum Gasteiger partial charge on any atom is -0.483 e. The summed E-state index contributed by atoms with van der Waals surface area (Å²) < 4.78 is 5.56. The molecule has 0 aliphatic heterocycles. The van der Waals surface area contributed by atoms with Gasteiger partial charge in [0.2, 0.25) is 0 Å². The SMILES string of the molecule is Cc1cc(C)c(OCC(=O)NCC(C)(C)O)c(C)c1. The molecule has 0 bridgehead atoms. The van der Waals surface area contributed by atoms with Gasteiger partial charge in [0.15, 0.2) is 6.61 Å². The molecule has 0 radical (unpaired) electrons. The molecule has 0 heterocycles. The van der Waals surface area contributed by atoms with Crippen molar-refractivity contribution in [2.75, 3.05) is 13.2 Å². The zero-order valence-corrected chi connectivity index (χ0v) is 12.3. The van der Waals surface area contributed by atoms with Gasteiger partial charge in [0.1, 0.15) is 5.75 Å². The summed E-state index contributed by atoms with van der Waals surface area (Å²) in [6, 6.07) is 4.05. The van der Waals surface area contributed by atoms with Gasteiger partial charge in [-0.05, 0) is 45.7 Å². The Hall–Kier alpha value is -1.55. The summed E-state index contributed by atoms with van der Waals surface area (Å²) in [5, 5.41) is 12.1. The van der Waals surface area contributed by atoms with Crippen LogP contribution < -0.4 is 10.1 Å². The van der Waals surface area contributed by atoms with Gasteiger partial charge in [-0.15, -0.1) is 0 Å². The number of benzene rings is 1. The standard InChI is InChI=1S/C15H23NO3/c1-10-6-11(2)14(12(3)7-10)19-8-13(17)16-9-15(4,5)18/h6-7,18H,8-9H2,1-5H3,(H,16,17). The minimum atomic E-state index is -0.911. The van der Waals surface area contributed by atoms with E-state index >= 15 is 0 Å².